The minimum absolute atomic E-state index is 0.267. The molecule has 0 aromatic heterocycles. The first kappa shape index (κ1) is 14.1. The Hall–Kier alpha value is 0.0569. The van der Waals surface area contributed by atoms with Gasteiger partial charge in [0.2, 0.25) is 0 Å². The summed E-state index contributed by atoms with van der Waals surface area (Å²) in [5, 5.41) is 0. The van der Waals surface area contributed by atoms with Crippen LogP contribution in [-0.4, -0.2) is 47.9 Å². The minimum atomic E-state index is -1.52. The Bertz CT molecular complexity index is 169. The first-order valence-electron chi connectivity index (χ1n) is 6.26. The lowest BCUT2D eigenvalue weighted by molar-refractivity contribution is -0.151. The third-order valence-electron chi connectivity index (χ3n) is 2.61. The van der Waals surface area contributed by atoms with Gasteiger partial charge in [0.15, 0.2) is 0 Å². The molecule has 1 aliphatic heterocycles. The summed E-state index contributed by atoms with van der Waals surface area (Å²) in [4.78, 5) is 0. The van der Waals surface area contributed by atoms with Crippen molar-refractivity contribution in [3.8, 4) is 0 Å². The lowest BCUT2D eigenvalue weighted by Gasteiger charge is -2.31. The lowest BCUT2D eigenvalue weighted by atomic mass is 10.2. The summed E-state index contributed by atoms with van der Waals surface area (Å²) in [6.07, 6.45) is 1.58. The van der Waals surface area contributed by atoms with Crippen LogP contribution in [0.2, 0.25) is 6.04 Å². The van der Waals surface area contributed by atoms with Crippen molar-refractivity contribution < 1.29 is 18.3 Å². The van der Waals surface area contributed by atoms with Crippen molar-refractivity contribution in [1.29, 1.82) is 0 Å². The number of hydrogen-bond donors (Lipinski definition) is 0. The highest BCUT2D eigenvalue weighted by Gasteiger charge is 2.26. The zero-order valence-electron chi connectivity index (χ0n) is 10.6. The molecule has 0 aromatic carbocycles. The molecule has 1 rings (SSSR count). The molecule has 0 aromatic rings. The van der Waals surface area contributed by atoms with E-state index in [1.807, 2.05) is 13.8 Å². The Kier molecular flexibility index (Phi) is 7.23. The maximum absolute atomic E-state index is 5.91. The number of ether oxygens (including phenoxy) is 2. The standard InChI is InChI=1S/C11H24O4Si/c1-4-10(15-11-7-12-8-11)9-16(13-5-2)14-6-3/h10-11,16H,4-9H2,1-3H3. The van der Waals surface area contributed by atoms with E-state index in [9.17, 15) is 0 Å². The molecule has 1 fully saturated rings. The highest BCUT2D eigenvalue weighted by atomic mass is 28.3. The number of rotatable bonds is 9. The van der Waals surface area contributed by atoms with Gasteiger partial charge in [0.25, 0.3) is 0 Å². The van der Waals surface area contributed by atoms with Crippen LogP contribution < -0.4 is 0 Å². The quantitative estimate of drug-likeness (QED) is 0.579. The molecule has 0 amide bonds. The van der Waals surface area contributed by atoms with Gasteiger partial charge in [-0.25, -0.2) is 0 Å². The zero-order chi connectivity index (χ0) is 11.8. The monoisotopic (exact) mass is 248 g/mol. The molecule has 16 heavy (non-hydrogen) atoms. The summed E-state index contributed by atoms with van der Waals surface area (Å²) in [6, 6.07) is 0.939. The minimum Gasteiger partial charge on any atom is -0.397 e. The predicted molar refractivity (Wildman–Crippen MR) is 65.0 cm³/mol. The van der Waals surface area contributed by atoms with E-state index in [2.05, 4.69) is 6.92 Å². The second-order valence-electron chi connectivity index (χ2n) is 3.90. The fraction of sp³-hybridized carbons (Fsp3) is 1.00. The highest BCUT2D eigenvalue weighted by Crippen LogP contribution is 2.16. The topological polar surface area (TPSA) is 36.9 Å². The average Bonchev–Trinajstić information content (AvgIpc) is 2.22. The SMILES string of the molecule is CCO[SiH](CC(CC)OC1COC1)OCC. The van der Waals surface area contributed by atoms with Crippen LogP contribution in [0.1, 0.15) is 27.2 Å². The van der Waals surface area contributed by atoms with Gasteiger partial charge in [-0.3, -0.25) is 0 Å². The molecule has 0 bridgehead atoms. The van der Waals surface area contributed by atoms with Crippen LogP contribution in [0.15, 0.2) is 0 Å². The van der Waals surface area contributed by atoms with Gasteiger partial charge in [-0.15, -0.1) is 0 Å². The maximum Gasteiger partial charge on any atom is 0.324 e. The van der Waals surface area contributed by atoms with E-state index in [-0.39, 0.29) is 6.10 Å². The van der Waals surface area contributed by atoms with Crippen LogP contribution in [-0.2, 0) is 18.3 Å². The second kappa shape index (κ2) is 8.19. The molecular weight excluding hydrogens is 224 g/mol. The summed E-state index contributed by atoms with van der Waals surface area (Å²) in [5.41, 5.74) is 0. The van der Waals surface area contributed by atoms with E-state index in [0.717, 1.165) is 38.9 Å². The van der Waals surface area contributed by atoms with Gasteiger partial charge < -0.3 is 18.3 Å². The molecule has 0 saturated carbocycles. The number of hydrogen-bond acceptors (Lipinski definition) is 4. The Morgan fingerprint density at radius 2 is 1.81 bits per heavy atom. The van der Waals surface area contributed by atoms with E-state index < -0.39 is 9.28 Å². The average molecular weight is 248 g/mol. The van der Waals surface area contributed by atoms with Gasteiger partial charge in [0, 0.05) is 19.3 Å². The molecule has 5 heteroatoms. The molecule has 96 valence electrons. The van der Waals surface area contributed by atoms with Crippen molar-refractivity contribution in [1.82, 2.24) is 0 Å². The molecular formula is C11H24O4Si. The zero-order valence-corrected chi connectivity index (χ0v) is 11.8. The molecule has 1 aliphatic rings. The third kappa shape index (κ3) is 4.93. The van der Waals surface area contributed by atoms with Crippen LogP contribution in [0.3, 0.4) is 0 Å². The summed E-state index contributed by atoms with van der Waals surface area (Å²) < 4.78 is 22.3. The van der Waals surface area contributed by atoms with Crippen molar-refractivity contribution in [2.45, 2.75) is 45.4 Å². The molecule has 0 N–H and O–H groups in total. The van der Waals surface area contributed by atoms with E-state index in [1.54, 1.807) is 0 Å². The van der Waals surface area contributed by atoms with Gasteiger partial charge in [-0.1, -0.05) is 6.92 Å². The molecule has 0 aliphatic carbocycles. The van der Waals surface area contributed by atoms with Crippen LogP contribution in [0.4, 0.5) is 0 Å². The van der Waals surface area contributed by atoms with E-state index in [1.165, 1.54) is 0 Å². The summed E-state index contributed by atoms with van der Waals surface area (Å²) >= 11 is 0. The van der Waals surface area contributed by atoms with Gasteiger partial charge in [-0.2, -0.15) is 0 Å². The van der Waals surface area contributed by atoms with Gasteiger partial charge in [-0.05, 0) is 20.3 Å². The van der Waals surface area contributed by atoms with Crippen LogP contribution in [0, 0.1) is 0 Å². The predicted octanol–water partition coefficient (Wildman–Crippen LogP) is 1.47. The third-order valence-corrected chi connectivity index (χ3v) is 4.93. The van der Waals surface area contributed by atoms with Crippen molar-refractivity contribution >= 4 is 9.28 Å². The molecule has 1 saturated heterocycles. The van der Waals surface area contributed by atoms with Gasteiger partial charge in [0.1, 0.15) is 6.10 Å². The molecule has 4 nitrogen and oxygen atoms in total. The smallest absolute Gasteiger partial charge is 0.324 e. The van der Waals surface area contributed by atoms with E-state index in [4.69, 9.17) is 18.3 Å². The first-order chi connectivity index (χ1) is 7.80. The molecule has 1 unspecified atom stereocenters. The van der Waals surface area contributed by atoms with Crippen molar-refractivity contribution in [3.63, 3.8) is 0 Å². The second-order valence-corrected chi connectivity index (χ2v) is 5.90. The summed E-state index contributed by atoms with van der Waals surface area (Å²) in [6.45, 7) is 9.13. The Balaban J connectivity index is 2.26. The molecule has 0 radical (unpaired) electrons. The molecule has 1 heterocycles. The van der Waals surface area contributed by atoms with E-state index in [0.29, 0.717) is 6.10 Å². The van der Waals surface area contributed by atoms with Crippen LogP contribution in [0.5, 0.6) is 0 Å². The maximum atomic E-state index is 5.91. The molecule has 1 atom stereocenters. The lowest BCUT2D eigenvalue weighted by Crippen LogP contribution is -2.40. The first-order valence-corrected chi connectivity index (χ1v) is 8.02. The fourth-order valence-electron chi connectivity index (χ4n) is 1.65. The van der Waals surface area contributed by atoms with Crippen LogP contribution >= 0.6 is 0 Å². The van der Waals surface area contributed by atoms with Gasteiger partial charge >= 0.3 is 9.28 Å². The summed E-state index contributed by atoms with van der Waals surface area (Å²) in [5.74, 6) is 0. The van der Waals surface area contributed by atoms with E-state index >= 15 is 0 Å². The van der Waals surface area contributed by atoms with Crippen molar-refractivity contribution in [2.24, 2.45) is 0 Å². The largest absolute Gasteiger partial charge is 0.397 e. The summed E-state index contributed by atoms with van der Waals surface area (Å²) in [7, 11) is -1.52. The Labute approximate surface area is 100 Å². The molecule has 0 spiro atoms. The Morgan fingerprint density at radius 1 is 1.19 bits per heavy atom. The van der Waals surface area contributed by atoms with Crippen molar-refractivity contribution in [2.75, 3.05) is 26.4 Å². The highest BCUT2D eigenvalue weighted by molar-refractivity contribution is 6.44. The van der Waals surface area contributed by atoms with Gasteiger partial charge in [0.05, 0.1) is 19.3 Å². The fourth-order valence-corrected chi connectivity index (χ4v) is 3.64. The Morgan fingerprint density at radius 3 is 2.19 bits per heavy atom. The van der Waals surface area contributed by atoms with Crippen molar-refractivity contribution in [3.05, 3.63) is 0 Å². The normalized spacial score (nSPS) is 18.8. The van der Waals surface area contributed by atoms with Crippen LogP contribution in [0.25, 0.3) is 0 Å².